The summed E-state index contributed by atoms with van der Waals surface area (Å²) in [5.74, 6) is 0. The van der Waals surface area contributed by atoms with Crippen LogP contribution in [0.3, 0.4) is 0 Å². The number of nitrogens with two attached hydrogens (primary N) is 1. The Hall–Kier alpha value is -0.960. The molecule has 2 N–H and O–H groups in total. The zero-order valence-electron chi connectivity index (χ0n) is 9.47. The van der Waals surface area contributed by atoms with Gasteiger partial charge in [-0.15, -0.1) is 0 Å². The molecule has 0 saturated carbocycles. The molecule has 0 saturated heterocycles. The monoisotopic (exact) mass is 225 g/mol. The average molecular weight is 225 g/mol. The van der Waals surface area contributed by atoms with E-state index >= 15 is 0 Å². The van der Waals surface area contributed by atoms with Gasteiger partial charge in [-0.2, -0.15) is 0 Å². The van der Waals surface area contributed by atoms with Crippen LogP contribution >= 0.6 is 0 Å². The summed E-state index contributed by atoms with van der Waals surface area (Å²) in [5.41, 5.74) is 7.75. The van der Waals surface area contributed by atoms with Crippen LogP contribution in [0.4, 0.5) is 8.78 Å². The molecule has 0 bridgehead atoms. The molecule has 0 spiro atoms. The van der Waals surface area contributed by atoms with Crippen LogP contribution in [0.15, 0.2) is 18.2 Å². The second-order valence-electron chi connectivity index (χ2n) is 4.94. The molecule has 0 aliphatic heterocycles. The third-order valence-electron chi connectivity index (χ3n) is 3.25. The molecule has 1 unspecified atom stereocenters. The van der Waals surface area contributed by atoms with Crippen LogP contribution in [0.5, 0.6) is 0 Å². The van der Waals surface area contributed by atoms with Gasteiger partial charge in [0.15, 0.2) is 0 Å². The van der Waals surface area contributed by atoms with Gasteiger partial charge < -0.3 is 5.73 Å². The second kappa shape index (κ2) is 4.13. The number of fused-ring (bicyclic) bond motifs is 1. The summed E-state index contributed by atoms with van der Waals surface area (Å²) in [6.45, 7) is 1.41. The fourth-order valence-corrected chi connectivity index (χ4v) is 2.25. The van der Waals surface area contributed by atoms with E-state index < -0.39 is 12.0 Å². The first-order chi connectivity index (χ1) is 7.49. The molecule has 1 aliphatic carbocycles. The molecule has 16 heavy (non-hydrogen) atoms. The molecule has 0 amide bonds. The molecule has 0 fully saturated rings. The van der Waals surface area contributed by atoms with Crippen molar-refractivity contribution in [3.63, 3.8) is 0 Å². The molecule has 3 heteroatoms. The Bertz CT molecular complexity index is 386. The summed E-state index contributed by atoms with van der Waals surface area (Å²) in [4.78, 5) is 0. The molecule has 1 aromatic rings. The lowest BCUT2D eigenvalue weighted by Gasteiger charge is -2.23. The van der Waals surface area contributed by atoms with Crippen molar-refractivity contribution < 1.29 is 8.78 Å². The quantitative estimate of drug-likeness (QED) is 0.841. The van der Waals surface area contributed by atoms with Crippen LogP contribution < -0.4 is 5.73 Å². The van der Waals surface area contributed by atoms with Gasteiger partial charge in [-0.3, -0.25) is 0 Å². The Labute approximate surface area is 94.7 Å². The van der Waals surface area contributed by atoms with Crippen molar-refractivity contribution in [2.24, 2.45) is 5.73 Å². The summed E-state index contributed by atoms with van der Waals surface area (Å²) in [6, 6.07) is 6.02. The van der Waals surface area contributed by atoms with E-state index in [4.69, 9.17) is 5.73 Å². The SMILES string of the molecule is CC(N)(Cc1ccc2c(c1)CCC2)C(F)F. The Balaban J connectivity index is 2.17. The van der Waals surface area contributed by atoms with Gasteiger partial charge in [-0.1, -0.05) is 18.2 Å². The van der Waals surface area contributed by atoms with Gasteiger partial charge in [-0.05, 0) is 49.3 Å². The first kappa shape index (κ1) is 11.5. The molecule has 2 rings (SSSR count). The number of benzene rings is 1. The molecule has 0 radical (unpaired) electrons. The topological polar surface area (TPSA) is 26.0 Å². The Morgan fingerprint density at radius 3 is 2.69 bits per heavy atom. The zero-order chi connectivity index (χ0) is 11.8. The molecule has 1 aromatic carbocycles. The van der Waals surface area contributed by atoms with E-state index in [1.807, 2.05) is 12.1 Å². The maximum Gasteiger partial charge on any atom is 0.256 e. The van der Waals surface area contributed by atoms with Crippen LogP contribution in [0.1, 0.15) is 30.0 Å². The van der Waals surface area contributed by atoms with E-state index in [2.05, 4.69) is 6.07 Å². The van der Waals surface area contributed by atoms with Gasteiger partial charge in [0.05, 0.1) is 5.54 Å². The normalized spacial score (nSPS) is 18.6. The highest BCUT2D eigenvalue weighted by Gasteiger charge is 2.30. The van der Waals surface area contributed by atoms with Crippen LogP contribution in [-0.4, -0.2) is 12.0 Å². The lowest BCUT2D eigenvalue weighted by molar-refractivity contribution is 0.0639. The third kappa shape index (κ3) is 2.24. The van der Waals surface area contributed by atoms with Crippen LogP contribution in [0, 0.1) is 0 Å². The average Bonchev–Trinajstić information content (AvgIpc) is 2.63. The standard InChI is InChI=1S/C13H17F2N/c1-13(16,12(14)15)8-9-5-6-10-3-2-4-11(10)7-9/h5-7,12H,2-4,8,16H2,1H3. The van der Waals surface area contributed by atoms with Crippen molar-refractivity contribution in [3.8, 4) is 0 Å². The van der Waals surface area contributed by atoms with Crippen molar-refractivity contribution in [1.29, 1.82) is 0 Å². The van der Waals surface area contributed by atoms with E-state index in [-0.39, 0.29) is 6.42 Å². The van der Waals surface area contributed by atoms with Gasteiger partial charge in [0, 0.05) is 0 Å². The molecule has 1 aliphatic rings. The number of alkyl halides is 2. The van der Waals surface area contributed by atoms with E-state index in [9.17, 15) is 8.78 Å². The van der Waals surface area contributed by atoms with Gasteiger partial charge >= 0.3 is 0 Å². The number of aryl methyl sites for hydroxylation is 2. The Morgan fingerprint density at radius 1 is 1.31 bits per heavy atom. The summed E-state index contributed by atoms with van der Waals surface area (Å²) in [5, 5.41) is 0. The number of rotatable bonds is 3. The maximum absolute atomic E-state index is 12.6. The second-order valence-corrected chi connectivity index (χ2v) is 4.94. The summed E-state index contributed by atoms with van der Waals surface area (Å²) in [7, 11) is 0. The van der Waals surface area contributed by atoms with Crippen LogP contribution in [0.25, 0.3) is 0 Å². The zero-order valence-corrected chi connectivity index (χ0v) is 9.47. The van der Waals surface area contributed by atoms with E-state index in [0.717, 1.165) is 18.4 Å². The summed E-state index contributed by atoms with van der Waals surface area (Å²) < 4.78 is 25.3. The molecule has 88 valence electrons. The Morgan fingerprint density at radius 2 is 2.00 bits per heavy atom. The van der Waals surface area contributed by atoms with Crippen molar-refractivity contribution in [2.45, 2.75) is 44.6 Å². The predicted octanol–water partition coefficient (Wildman–Crippen LogP) is 2.70. The molecular formula is C13H17F2N. The lowest BCUT2D eigenvalue weighted by Crippen LogP contribution is -2.45. The molecule has 0 aromatic heterocycles. The van der Waals surface area contributed by atoms with Crippen LogP contribution in [-0.2, 0) is 19.3 Å². The molecule has 0 heterocycles. The largest absolute Gasteiger partial charge is 0.320 e. The highest BCUT2D eigenvalue weighted by Crippen LogP contribution is 2.25. The number of halogens is 2. The van der Waals surface area contributed by atoms with Crippen molar-refractivity contribution in [2.75, 3.05) is 0 Å². The van der Waals surface area contributed by atoms with Crippen LogP contribution in [0.2, 0.25) is 0 Å². The molecular weight excluding hydrogens is 208 g/mol. The fourth-order valence-electron chi connectivity index (χ4n) is 2.25. The van der Waals surface area contributed by atoms with Crippen molar-refractivity contribution in [1.82, 2.24) is 0 Å². The van der Waals surface area contributed by atoms with Gasteiger partial charge in [0.1, 0.15) is 0 Å². The van der Waals surface area contributed by atoms with Gasteiger partial charge in [-0.25, -0.2) is 8.78 Å². The number of hydrogen-bond acceptors (Lipinski definition) is 1. The van der Waals surface area contributed by atoms with Gasteiger partial charge in [0.2, 0.25) is 0 Å². The van der Waals surface area contributed by atoms with E-state index in [1.54, 1.807) is 0 Å². The maximum atomic E-state index is 12.6. The highest BCUT2D eigenvalue weighted by molar-refractivity contribution is 5.36. The minimum Gasteiger partial charge on any atom is -0.320 e. The molecule has 1 nitrogen and oxygen atoms in total. The lowest BCUT2D eigenvalue weighted by atomic mass is 9.93. The van der Waals surface area contributed by atoms with E-state index in [0.29, 0.717) is 0 Å². The van der Waals surface area contributed by atoms with Crippen molar-refractivity contribution >= 4 is 0 Å². The third-order valence-corrected chi connectivity index (χ3v) is 3.25. The summed E-state index contributed by atoms with van der Waals surface area (Å²) in [6.07, 6.45) is 1.11. The summed E-state index contributed by atoms with van der Waals surface area (Å²) >= 11 is 0. The fraction of sp³-hybridized carbons (Fsp3) is 0.538. The molecule has 1 atom stereocenters. The predicted molar refractivity (Wildman–Crippen MR) is 60.8 cm³/mol. The number of hydrogen-bond donors (Lipinski definition) is 1. The van der Waals surface area contributed by atoms with E-state index in [1.165, 1.54) is 24.5 Å². The van der Waals surface area contributed by atoms with Crippen molar-refractivity contribution in [3.05, 3.63) is 34.9 Å². The highest BCUT2D eigenvalue weighted by atomic mass is 19.3. The van der Waals surface area contributed by atoms with Gasteiger partial charge in [0.25, 0.3) is 6.43 Å². The Kier molecular flexibility index (Phi) is 2.98. The first-order valence-electron chi connectivity index (χ1n) is 5.67. The first-order valence-corrected chi connectivity index (χ1v) is 5.67. The smallest absolute Gasteiger partial charge is 0.256 e. The minimum absolute atomic E-state index is 0.234. The minimum atomic E-state index is -2.49.